The lowest BCUT2D eigenvalue weighted by molar-refractivity contribution is -0.137. The van der Waals surface area contributed by atoms with E-state index in [9.17, 15) is 14.7 Å². The number of aliphatic hydroxyl groups excluding tert-OH is 1. The molecule has 1 saturated carbocycles. The number of carbonyl (C=O) groups excluding carboxylic acids is 1. The summed E-state index contributed by atoms with van der Waals surface area (Å²) in [5.74, 6) is -0.752. The fourth-order valence-corrected chi connectivity index (χ4v) is 5.22. The predicted octanol–water partition coefficient (Wildman–Crippen LogP) is 6.28. The lowest BCUT2D eigenvalue weighted by atomic mass is 9.90. The van der Waals surface area contributed by atoms with Crippen LogP contribution in [0.25, 0.3) is 0 Å². The largest absolute Gasteiger partial charge is 0.481 e. The molecule has 0 aromatic heterocycles. The van der Waals surface area contributed by atoms with E-state index in [0.717, 1.165) is 25.7 Å². The lowest BCUT2D eigenvalue weighted by Gasteiger charge is -2.39. The van der Waals surface area contributed by atoms with E-state index in [0.29, 0.717) is 25.7 Å². The van der Waals surface area contributed by atoms with E-state index in [2.05, 4.69) is 40.8 Å². The van der Waals surface area contributed by atoms with Gasteiger partial charge in [-0.25, -0.2) is 0 Å². The summed E-state index contributed by atoms with van der Waals surface area (Å²) in [4.78, 5) is 23.6. The molecule has 0 spiro atoms. The van der Waals surface area contributed by atoms with Crippen LogP contribution >= 0.6 is 0 Å². The van der Waals surface area contributed by atoms with E-state index in [1.54, 1.807) is 0 Å². The minimum absolute atomic E-state index is 0.0406. The molecule has 1 rings (SSSR count). The normalized spacial score (nSPS) is 23.5. The molecule has 0 radical (unpaired) electrons. The van der Waals surface area contributed by atoms with E-state index in [1.807, 2.05) is 24.3 Å². The van der Waals surface area contributed by atoms with Gasteiger partial charge in [0.05, 0.1) is 12.2 Å². The standard InChI is InChI=1S/C26H46O5Si/c1-7-8-11-14-20(27)17-18-22-21(15-12-9-10-13-16-25(29)30)23(28)19-24(22)31-32(5,6)26(2,3)4/h9,12,17-18,20-22,24,27H,7-8,10-11,13-16,19H2,1-6H3,(H,29,30)/t20?,21-,22-,24-/m1/s1. The second-order valence-electron chi connectivity index (χ2n) is 10.7. The highest BCUT2D eigenvalue weighted by molar-refractivity contribution is 6.74. The van der Waals surface area contributed by atoms with E-state index < -0.39 is 20.4 Å². The van der Waals surface area contributed by atoms with Crippen LogP contribution in [0.4, 0.5) is 0 Å². The number of ketones is 1. The summed E-state index contributed by atoms with van der Waals surface area (Å²) in [7, 11) is -2.03. The van der Waals surface area contributed by atoms with Gasteiger partial charge in [-0.15, -0.1) is 0 Å². The van der Waals surface area contributed by atoms with Gasteiger partial charge in [0.2, 0.25) is 0 Å². The van der Waals surface area contributed by atoms with Gasteiger partial charge in [-0.05, 0) is 43.8 Å². The van der Waals surface area contributed by atoms with Crippen molar-refractivity contribution in [3.05, 3.63) is 24.3 Å². The third-order valence-corrected chi connectivity index (χ3v) is 11.4. The second kappa shape index (κ2) is 13.5. The Morgan fingerprint density at radius 3 is 2.50 bits per heavy atom. The van der Waals surface area contributed by atoms with E-state index in [1.165, 1.54) is 0 Å². The van der Waals surface area contributed by atoms with Gasteiger partial charge in [-0.1, -0.05) is 71.3 Å². The van der Waals surface area contributed by atoms with Crippen molar-refractivity contribution in [2.45, 2.75) is 116 Å². The molecule has 0 aromatic rings. The zero-order valence-electron chi connectivity index (χ0n) is 21.1. The summed E-state index contributed by atoms with van der Waals surface area (Å²) in [5.41, 5.74) is 0. The Morgan fingerprint density at radius 1 is 1.22 bits per heavy atom. The summed E-state index contributed by atoms with van der Waals surface area (Å²) in [6.07, 6.45) is 13.8. The van der Waals surface area contributed by atoms with Crippen LogP contribution in [0.2, 0.25) is 18.1 Å². The van der Waals surface area contributed by atoms with Crippen LogP contribution in [0.1, 0.15) is 85.5 Å². The van der Waals surface area contributed by atoms with Crippen molar-refractivity contribution >= 4 is 20.1 Å². The van der Waals surface area contributed by atoms with Crippen LogP contribution in [0.15, 0.2) is 24.3 Å². The van der Waals surface area contributed by atoms with Gasteiger partial charge < -0.3 is 14.6 Å². The van der Waals surface area contributed by atoms with Crippen molar-refractivity contribution in [2.75, 3.05) is 0 Å². The Kier molecular flexibility index (Phi) is 12.1. The fourth-order valence-electron chi connectivity index (χ4n) is 3.87. The Morgan fingerprint density at radius 2 is 1.91 bits per heavy atom. The number of allylic oxidation sites excluding steroid dienone is 2. The van der Waals surface area contributed by atoms with E-state index >= 15 is 0 Å². The van der Waals surface area contributed by atoms with Crippen molar-refractivity contribution in [2.24, 2.45) is 11.8 Å². The second-order valence-corrected chi connectivity index (χ2v) is 15.5. The number of Topliss-reactive ketones (excluding diaryl/α,β-unsaturated/α-hetero) is 1. The first-order valence-corrected chi connectivity index (χ1v) is 15.2. The number of carboxylic acids is 1. The third kappa shape index (κ3) is 9.71. The van der Waals surface area contributed by atoms with Gasteiger partial charge in [-0.3, -0.25) is 9.59 Å². The van der Waals surface area contributed by atoms with Gasteiger partial charge >= 0.3 is 5.97 Å². The average molecular weight is 467 g/mol. The first kappa shape index (κ1) is 28.8. The molecule has 5 nitrogen and oxygen atoms in total. The van der Waals surface area contributed by atoms with Crippen LogP contribution in [0.5, 0.6) is 0 Å². The number of aliphatic carboxylic acids is 1. The molecule has 6 heteroatoms. The molecular weight excluding hydrogens is 420 g/mol. The SMILES string of the molecule is CCCCCC(O)C=C[C@H]1[C@H](O[Si](C)(C)C(C)(C)C)CC(=O)[C@@H]1CC=CCCCC(=O)O. The Balaban J connectivity index is 2.91. The zero-order valence-corrected chi connectivity index (χ0v) is 22.1. The first-order valence-electron chi connectivity index (χ1n) is 12.3. The van der Waals surface area contributed by atoms with Crippen LogP contribution in [-0.4, -0.2) is 42.5 Å². The van der Waals surface area contributed by atoms with Crippen molar-refractivity contribution in [1.29, 1.82) is 0 Å². The summed E-state index contributed by atoms with van der Waals surface area (Å²) in [6, 6.07) is 0. The maximum absolute atomic E-state index is 12.9. The fraction of sp³-hybridized carbons (Fsp3) is 0.769. The molecule has 1 fully saturated rings. The molecule has 0 amide bonds. The molecule has 4 atom stereocenters. The monoisotopic (exact) mass is 466 g/mol. The highest BCUT2D eigenvalue weighted by Gasteiger charge is 2.46. The van der Waals surface area contributed by atoms with Gasteiger partial charge in [0.25, 0.3) is 0 Å². The number of aliphatic hydroxyl groups is 1. The topological polar surface area (TPSA) is 83.8 Å². The Hall–Kier alpha value is -1.24. The van der Waals surface area contributed by atoms with Crippen LogP contribution in [0.3, 0.4) is 0 Å². The van der Waals surface area contributed by atoms with Crippen LogP contribution in [-0.2, 0) is 14.0 Å². The maximum Gasteiger partial charge on any atom is 0.303 e. The van der Waals surface area contributed by atoms with E-state index in [-0.39, 0.29) is 35.2 Å². The zero-order chi connectivity index (χ0) is 24.4. The quantitative estimate of drug-likeness (QED) is 0.179. The molecular formula is C26H46O5Si. The van der Waals surface area contributed by atoms with Crippen molar-refractivity contribution in [3.63, 3.8) is 0 Å². The molecule has 0 aliphatic heterocycles. The number of carboxylic acid groups (broad SMARTS) is 1. The van der Waals surface area contributed by atoms with Gasteiger partial charge in [0.1, 0.15) is 5.78 Å². The number of rotatable bonds is 14. The predicted molar refractivity (Wildman–Crippen MR) is 133 cm³/mol. The van der Waals surface area contributed by atoms with Crippen molar-refractivity contribution < 1.29 is 24.2 Å². The summed E-state index contributed by atoms with van der Waals surface area (Å²) in [5, 5.41) is 19.2. The molecule has 0 saturated heterocycles. The minimum atomic E-state index is -2.03. The highest BCUT2D eigenvalue weighted by Crippen LogP contribution is 2.42. The molecule has 0 aromatic carbocycles. The number of hydrogen-bond acceptors (Lipinski definition) is 4. The summed E-state index contributed by atoms with van der Waals surface area (Å²) in [6.45, 7) is 13.2. The lowest BCUT2D eigenvalue weighted by Crippen LogP contribution is -2.45. The van der Waals surface area contributed by atoms with Crippen molar-refractivity contribution in [3.8, 4) is 0 Å². The molecule has 1 aliphatic rings. The molecule has 32 heavy (non-hydrogen) atoms. The van der Waals surface area contributed by atoms with Crippen LogP contribution in [0, 0.1) is 11.8 Å². The Labute approximate surface area is 196 Å². The minimum Gasteiger partial charge on any atom is -0.481 e. The number of carbonyl (C=O) groups is 2. The van der Waals surface area contributed by atoms with Gasteiger partial charge in [0.15, 0.2) is 8.32 Å². The number of unbranched alkanes of at least 4 members (excludes halogenated alkanes) is 3. The third-order valence-electron chi connectivity index (χ3n) is 6.94. The molecule has 1 unspecified atom stereocenters. The van der Waals surface area contributed by atoms with Gasteiger partial charge in [-0.2, -0.15) is 0 Å². The molecule has 1 aliphatic carbocycles. The highest BCUT2D eigenvalue weighted by atomic mass is 28.4. The average Bonchev–Trinajstić information content (AvgIpc) is 2.95. The van der Waals surface area contributed by atoms with Crippen LogP contribution < -0.4 is 0 Å². The smallest absolute Gasteiger partial charge is 0.303 e. The molecule has 2 N–H and O–H groups in total. The molecule has 184 valence electrons. The Bertz CT molecular complexity index is 647. The maximum atomic E-state index is 12.9. The summed E-state index contributed by atoms with van der Waals surface area (Å²) >= 11 is 0. The van der Waals surface area contributed by atoms with Crippen molar-refractivity contribution in [1.82, 2.24) is 0 Å². The molecule has 0 heterocycles. The number of hydrogen-bond donors (Lipinski definition) is 2. The molecule has 0 bridgehead atoms. The van der Waals surface area contributed by atoms with E-state index in [4.69, 9.17) is 9.53 Å². The van der Waals surface area contributed by atoms with Gasteiger partial charge in [0, 0.05) is 24.7 Å². The summed E-state index contributed by atoms with van der Waals surface area (Å²) < 4.78 is 6.67. The first-order chi connectivity index (χ1) is 14.9.